The second-order valence-corrected chi connectivity index (χ2v) is 7.70. The van der Waals surface area contributed by atoms with Crippen LogP contribution in [0.2, 0.25) is 5.02 Å². The fourth-order valence-electron chi connectivity index (χ4n) is 2.50. The van der Waals surface area contributed by atoms with E-state index in [4.69, 9.17) is 21.1 Å². The summed E-state index contributed by atoms with van der Waals surface area (Å²) >= 11 is 7.58. The Hall–Kier alpha value is -2.63. The second kappa shape index (κ2) is 11.4. The van der Waals surface area contributed by atoms with Gasteiger partial charge in [-0.2, -0.15) is 0 Å². The molecule has 1 amide bonds. The Kier molecular flexibility index (Phi) is 8.28. The summed E-state index contributed by atoms with van der Waals surface area (Å²) in [6, 6.07) is 24.5. The standard InChI is InChI=1S/C23H22ClNO3S/c24-19-8-12-21(13-9-19)27-15-14-25-23(26)18-6-10-20(11-7-18)28-16-17-29-22-4-2-1-3-5-22/h1-13H,14-17H2,(H,25,26). The van der Waals surface area contributed by atoms with Crippen LogP contribution < -0.4 is 14.8 Å². The molecule has 6 heteroatoms. The molecule has 150 valence electrons. The fraction of sp³-hybridized carbons (Fsp3) is 0.174. The highest BCUT2D eigenvalue weighted by Gasteiger charge is 2.05. The summed E-state index contributed by atoms with van der Waals surface area (Å²) in [6.45, 7) is 1.40. The average Bonchev–Trinajstić information content (AvgIpc) is 2.76. The van der Waals surface area contributed by atoms with E-state index in [0.717, 1.165) is 17.3 Å². The number of carbonyl (C=O) groups excluding carboxylic acids is 1. The van der Waals surface area contributed by atoms with Gasteiger partial charge in [-0.05, 0) is 60.7 Å². The lowest BCUT2D eigenvalue weighted by Crippen LogP contribution is -2.28. The molecule has 0 fully saturated rings. The maximum atomic E-state index is 12.2. The third kappa shape index (κ3) is 7.37. The fourth-order valence-corrected chi connectivity index (χ4v) is 3.38. The summed E-state index contributed by atoms with van der Waals surface area (Å²) in [5.41, 5.74) is 0.586. The van der Waals surface area contributed by atoms with Crippen molar-refractivity contribution in [1.82, 2.24) is 5.32 Å². The quantitative estimate of drug-likeness (QED) is 0.351. The maximum absolute atomic E-state index is 12.2. The van der Waals surface area contributed by atoms with Gasteiger partial charge in [0.25, 0.3) is 5.91 Å². The van der Waals surface area contributed by atoms with E-state index in [1.165, 1.54) is 4.90 Å². The highest BCUT2D eigenvalue weighted by atomic mass is 35.5. The molecule has 1 N–H and O–H groups in total. The van der Waals surface area contributed by atoms with E-state index in [1.807, 2.05) is 30.3 Å². The number of benzene rings is 3. The minimum atomic E-state index is -0.143. The largest absolute Gasteiger partial charge is 0.493 e. The van der Waals surface area contributed by atoms with Crippen LogP contribution in [0, 0.1) is 0 Å². The summed E-state index contributed by atoms with van der Waals surface area (Å²) in [5, 5.41) is 3.50. The maximum Gasteiger partial charge on any atom is 0.251 e. The second-order valence-electron chi connectivity index (χ2n) is 6.09. The summed E-state index contributed by atoms with van der Waals surface area (Å²) < 4.78 is 11.3. The van der Waals surface area contributed by atoms with E-state index in [0.29, 0.717) is 30.3 Å². The van der Waals surface area contributed by atoms with E-state index in [9.17, 15) is 4.79 Å². The van der Waals surface area contributed by atoms with Crippen LogP contribution in [0.15, 0.2) is 83.8 Å². The molecule has 4 nitrogen and oxygen atoms in total. The van der Waals surface area contributed by atoms with Crippen LogP contribution in [0.3, 0.4) is 0 Å². The van der Waals surface area contributed by atoms with Gasteiger partial charge in [0, 0.05) is 21.2 Å². The Labute approximate surface area is 180 Å². The Morgan fingerprint density at radius 3 is 2.14 bits per heavy atom. The first kappa shape index (κ1) is 21.1. The molecule has 0 aromatic heterocycles. The zero-order valence-corrected chi connectivity index (χ0v) is 17.4. The van der Waals surface area contributed by atoms with Crippen molar-refractivity contribution < 1.29 is 14.3 Å². The first-order valence-electron chi connectivity index (χ1n) is 9.28. The van der Waals surface area contributed by atoms with Gasteiger partial charge in [0.05, 0.1) is 13.2 Å². The lowest BCUT2D eigenvalue weighted by Gasteiger charge is -2.09. The zero-order chi connectivity index (χ0) is 20.3. The van der Waals surface area contributed by atoms with Crippen molar-refractivity contribution in [3.8, 4) is 11.5 Å². The molecular formula is C23H22ClNO3S. The van der Waals surface area contributed by atoms with E-state index in [1.54, 1.807) is 48.2 Å². The first-order valence-corrected chi connectivity index (χ1v) is 10.6. The molecule has 3 aromatic rings. The van der Waals surface area contributed by atoms with E-state index in [-0.39, 0.29) is 5.91 Å². The number of thioether (sulfide) groups is 1. The molecule has 0 radical (unpaired) electrons. The Morgan fingerprint density at radius 1 is 0.828 bits per heavy atom. The molecule has 3 aromatic carbocycles. The first-order chi connectivity index (χ1) is 14.2. The molecule has 0 saturated heterocycles. The smallest absolute Gasteiger partial charge is 0.251 e. The van der Waals surface area contributed by atoms with Crippen LogP contribution in [0.1, 0.15) is 10.4 Å². The lowest BCUT2D eigenvalue weighted by atomic mass is 10.2. The summed E-state index contributed by atoms with van der Waals surface area (Å²) in [6.07, 6.45) is 0. The number of ether oxygens (including phenoxy) is 2. The molecule has 0 atom stereocenters. The SMILES string of the molecule is O=C(NCCOc1ccc(Cl)cc1)c1ccc(OCCSc2ccccc2)cc1. The Balaban J connectivity index is 1.34. The van der Waals surface area contributed by atoms with Crippen LogP contribution in [-0.4, -0.2) is 31.4 Å². The molecule has 0 spiro atoms. The zero-order valence-electron chi connectivity index (χ0n) is 15.8. The third-order valence-corrected chi connectivity index (χ3v) is 5.18. The number of hydrogen-bond acceptors (Lipinski definition) is 4. The Bertz CT molecular complexity index is 886. The summed E-state index contributed by atoms with van der Waals surface area (Å²) in [5.74, 6) is 2.19. The topological polar surface area (TPSA) is 47.6 Å². The number of nitrogens with one attached hydrogen (secondary N) is 1. The Morgan fingerprint density at radius 2 is 1.45 bits per heavy atom. The highest BCUT2D eigenvalue weighted by Crippen LogP contribution is 2.18. The average molecular weight is 428 g/mol. The molecular weight excluding hydrogens is 406 g/mol. The monoisotopic (exact) mass is 427 g/mol. The third-order valence-electron chi connectivity index (χ3n) is 3.95. The van der Waals surface area contributed by atoms with Crippen molar-refractivity contribution in [2.24, 2.45) is 0 Å². The number of carbonyl (C=O) groups is 1. The summed E-state index contributed by atoms with van der Waals surface area (Å²) in [4.78, 5) is 13.4. The number of halogens is 1. The predicted octanol–water partition coefficient (Wildman–Crippen LogP) is 5.32. The van der Waals surface area contributed by atoms with Gasteiger partial charge in [-0.25, -0.2) is 0 Å². The molecule has 0 aliphatic carbocycles. The summed E-state index contributed by atoms with van der Waals surface area (Å²) in [7, 11) is 0. The van der Waals surface area contributed by atoms with E-state index in [2.05, 4.69) is 17.4 Å². The van der Waals surface area contributed by atoms with Gasteiger partial charge in [0.2, 0.25) is 0 Å². The minimum Gasteiger partial charge on any atom is -0.493 e. The van der Waals surface area contributed by atoms with Gasteiger partial charge in [0.15, 0.2) is 0 Å². The molecule has 0 unspecified atom stereocenters. The van der Waals surface area contributed by atoms with Crippen LogP contribution in [0.4, 0.5) is 0 Å². The van der Waals surface area contributed by atoms with Gasteiger partial charge < -0.3 is 14.8 Å². The molecule has 0 bridgehead atoms. The van der Waals surface area contributed by atoms with Gasteiger partial charge >= 0.3 is 0 Å². The predicted molar refractivity (Wildman–Crippen MR) is 118 cm³/mol. The molecule has 29 heavy (non-hydrogen) atoms. The van der Waals surface area contributed by atoms with Gasteiger partial charge in [0.1, 0.15) is 18.1 Å². The normalized spacial score (nSPS) is 10.4. The van der Waals surface area contributed by atoms with Crippen LogP contribution in [-0.2, 0) is 0 Å². The van der Waals surface area contributed by atoms with Gasteiger partial charge in [-0.15, -0.1) is 11.8 Å². The molecule has 0 saturated carbocycles. The van der Waals surface area contributed by atoms with Crippen molar-refractivity contribution in [2.45, 2.75) is 4.90 Å². The molecule has 0 heterocycles. The van der Waals surface area contributed by atoms with Crippen molar-refractivity contribution >= 4 is 29.3 Å². The number of rotatable bonds is 10. The van der Waals surface area contributed by atoms with Crippen molar-refractivity contribution in [3.63, 3.8) is 0 Å². The van der Waals surface area contributed by atoms with Crippen LogP contribution >= 0.6 is 23.4 Å². The van der Waals surface area contributed by atoms with Crippen molar-refractivity contribution in [1.29, 1.82) is 0 Å². The van der Waals surface area contributed by atoms with Crippen molar-refractivity contribution in [3.05, 3.63) is 89.4 Å². The van der Waals surface area contributed by atoms with E-state index < -0.39 is 0 Å². The number of hydrogen-bond donors (Lipinski definition) is 1. The number of amides is 1. The molecule has 0 aliphatic rings. The van der Waals surface area contributed by atoms with Crippen LogP contribution in [0.25, 0.3) is 0 Å². The minimum absolute atomic E-state index is 0.143. The lowest BCUT2D eigenvalue weighted by molar-refractivity contribution is 0.0947. The van der Waals surface area contributed by atoms with Crippen molar-refractivity contribution in [2.75, 3.05) is 25.5 Å². The van der Waals surface area contributed by atoms with Gasteiger partial charge in [-0.3, -0.25) is 4.79 Å². The highest BCUT2D eigenvalue weighted by molar-refractivity contribution is 7.99. The van der Waals surface area contributed by atoms with E-state index >= 15 is 0 Å². The van der Waals surface area contributed by atoms with Crippen LogP contribution in [0.5, 0.6) is 11.5 Å². The molecule has 3 rings (SSSR count). The van der Waals surface area contributed by atoms with Gasteiger partial charge in [-0.1, -0.05) is 29.8 Å². The molecule has 0 aliphatic heterocycles.